The molecule has 0 bridgehead atoms. The van der Waals surface area contributed by atoms with Crippen molar-refractivity contribution in [3.05, 3.63) is 47.0 Å². The fourth-order valence-electron chi connectivity index (χ4n) is 1.76. The molecular weight excluding hydrogens is 276 g/mol. The third kappa shape index (κ3) is 3.64. The Morgan fingerprint density at radius 1 is 1.35 bits per heavy atom. The molecule has 1 aromatic carbocycles. The number of ether oxygens (including phenoxy) is 1. The van der Waals surface area contributed by atoms with E-state index in [1.54, 1.807) is 23.7 Å². The predicted molar refractivity (Wildman–Crippen MR) is 76.8 cm³/mol. The summed E-state index contributed by atoms with van der Waals surface area (Å²) in [6.45, 7) is 0. The van der Waals surface area contributed by atoms with Crippen molar-refractivity contribution in [3.8, 4) is 0 Å². The molecule has 1 heterocycles. The normalized spacial score (nSPS) is 10.1. The minimum Gasteiger partial charge on any atom is -0.465 e. The lowest BCUT2D eigenvalue weighted by molar-refractivity contribution is -0.116. The first-order valence-corrected chi connectivity index (χ1v) is 6.94. The van der Waals surface area contributed by atoms with Crippen LogP contribution in [0.2, 0.25) is 0 Å². The quantitative estimate of drug-likeness (QED) is 0.859. The zero-order valence-electron chi connectivity index (χ0n) is 11.0. The van der Waals surface area contributed by atoms with Crippen molar-refractivity contribution in [3.63, 3.8) is 0 Å². The van der Waals surface area contributed by atoms with E-state index in [0.717, 1.165) is 5.56 Å². The van der Waals surface area contributed by atoms with Crippen molar-refractivity contribution in [2.45, 2.75) is 12.8 Å². The average molecular weight is 290 g/mol. The van der Waals surface area contributed by atoms with E-state index in [1.165, 1.54) is 18.4 Å². The van der Waals surface area contributed by atoms with Gasteiger partial charge in [0.2, 0.25) is 5.91 Å². The second-order valence-corrected chi connectivity index (χ2v) is 4.93. The molecule has 0 aliphatic carbocycles. The molecule has 20 heavy (non-hydrogen) atoms. The number of carbonyl (C=O) groups excluding carboxylic acids is 2. The molecule has 0 aliphatic rings. The molecule has 0 aliphatic heterocycles. The Hall–Kier alpha value is -2.21. The molecule has 6 heteroatoms. The lowest BCUT2D eigenvalue weighted by Crippen LogP contribution is -2.13. The number of thiazole rings is 1. The molecule has 2 rings (SSSR count). The molecular formula is C14H14N2O3S. The first kappa shape index (κ1) is 14.2. The summed E-state index contributed by atoms with van der Waals surface area (Å²) in [5.74, 6) is -0.513. The summed E-state index contributed by atoms with van der Waals surface area (Å²) in [6.07, 6.45) is 2.39. The summed E-state index contributed by atoms with van der Waals surface area (Å²) in [6, 6.07) is 7.12. The number of aromatic nitrogens is 1. The minimum absolute atomic E-state index is 0.125. The Kier molecular flexibility index (Phi) is 4.84. The Morgan fingerprint density at radius 2 is 2.15 bits per heavy atom. The van der Waals surface area contributed by atoms with Crippen molar-refractivity contribution in [2.75, 3.05) is 12.4 Å². The standard InChI is InChI=1S/C14H14N2O3S/c1-19-13(18)11-5-3-2-4-10(11)6-7-12(17)16-14-15-8-9-20-14/h2-5,8-9H,6-7H2,1H3,(H,15,16,17). The molecule has 2 aromatic rings. The third-order valence-corrected chi connectivity index (χ3v) is 3.41. The fraction of sp³-hybridized carbons (Fsp3) is 0.214. The van der Waals surface area contributed by atoms with Crippen molar-refractivity contribution in [1.82, 2.24) is 4.98 Å². The van der Waals surface area contributed by atoms with E-state index in [-0.39, 0.29) is 18.3 Å². The summed E-state index contributed by atoms with van der Waals surface area (Å²) in [5, 5.41) is 5.08. The molecule has 0 unspecified atom stereocenters. The summed E-state index contributed by atoms with van der Waals surface area (Å²) in [4.78, 5) is 27.4. The van der Waals surface area contributed by atoms with Gasteiger partial charge in [0.1, 0.15) is 0 Å². The van der Waals surface area contributed by atoms with E-state index in [4.69, 9.17) is 4.74 Å². The molecule has 0 spiro atoms. The van der Waals surface area contributed by atoms with Crippen LogP contribution in [0.3, 0.4) is 0 Å². The zero-order chi connectivity index (χ0) is 14.4. The molecule has 104 valence electrons. The molecule has 5 nitrogen and oxygen atoms in total. The fourth-order valence-corrected chi connectivity index (χ4v) is 2.31. The lowest BCUT2D eigenvalue weighted by Gasteiger charge is -2.07. The maximum absolute atomic E-state index is 11.8. The zero-order valence-corrected chi connectivity index (χ0v) is 11.8. The van der Waals surface area contributed by atoms with E-state index in [2.05, 4.69) is 10.3 Å². The van der Waals surface area contributed by atoms with E-state index in [1.807, 2.05) is 12.1 Å². The largest absolute Gasteiger partial charge is 0.465 e. The number of hydrogen-bond donors (Lipinski definition) is 1. The van der Waals surface area contributed by atoms with Gasteiger partial charge in [0, 0.05) is 18.0 Å². The van der Waals surface area contributed by atoms with Crippen LogP contribution in [0.15, 0.2) is 35.8 Å². The molecule has 0 saturated carbocycles. The molecule has 1 aromatic heterocycles. The van der Waals surface area contributed by atoms with Gasteiger partial charge in [-0.2, -0.15) is 0 Å². The van der Waals surface area contributed by atoms with E-state index in [9.17, 15) is 9.59 Å². The lowest BCUT2D eigenvalue weighted by atomic mass is 10.0. The number of rotatable bonds is 5. The number of aryl methyl sites for hydroxylation is 1. The summed E-state index contributed by atoms with van der Waals surface area (Å²) in [7, 11) is 1.34. The highest BCUT2D eigenvalue weighted by molar-refractivity contribution is 7.13. The van der Waals surface area contributed by atoms with Crippen LogP contribution in [0.1, 0.15) is 22.3 Å². The molecule has 1 N–H and O–H groups in total. The van der Waals surface area contributed by atoms with Gasteiger partial charge in [0.15, 0.2) is 5.13 Å². The van der Waals surface area contributed by atoms with Crippen LogP contribution in [0.25, 0.3) is 0 Å². The summed E-state index contributed by atoms with van der Waals surface area (Å²) in [5.41, 5.74) is 1.30. The van der Waals surface area contributed by atoms with Crippen LogP contribution < -0.4 is 5.32 Å². The topological polar surface area (TPSA) is 68.3 Å². The highest BCUT2D eigenvalue weighted by atomic mass is 32.1. The van der Waals surface area contributed by atoms with Gasteiger partial charge < -0.3 is 10.1 Å². The molecule has 0 saturated heterocycles. The van der Waals surface area contributed by atoms with Crippen molar-refractivity contribution >= 4 is 28.3 Å². The first-order valence-electron chi connectivity index (χ1n) is 6.06. The number of anilines is 1. The first-order chi connectivity index (χ1) is 9.70. The number of benzene rings is 1. The Labute approximate surface area is 120 Å². The van der Waals surface area contributed by atoms with Crippen molar-refractivity contribution < 1.29 is 14.3 Å². The highest BCUT2D eigenvalue weighted by Crippen LogP contribution is 2.14. The second kappa shape index (κ2) is 6.81. The molecule has 0 atom stereocenters. The van der Waals surface area contributed by atoms with Crippen molar-refractivity contribution in [2.24, 2.45) is 0 Å². The van der Waals surface area contributed by atoms with Crippen molar-refractivity contribution in [1.29, 1.82) is 0 Å². The van der Waals surface area contributed by atoms with E-state index >= 15 is 0 Å². The van der Waals surface area contributed by atoms with Gasteiger partial charge >= 0.3 is 5.97 Å². The smallest absolute Gasteiger partial charge is 0.338 e. The van der Waals surface area contributed by atoms with Crippen LogP contribution in [-0.2, 0) is 16.0 Å². The Morgan fingerprint density at radius 3 is 2.85 bits per heavy atom. The average Bonchev–Trinajstić information content (AvgIpc) is 2.97. The predicted octanol–water partition coefficient (Wildman–Crippen LogP) is 2.50. The van der Waals surface area contributed by atoms with Crippen LogP contribution in [0, 0.1) is 0 Å². The molecule has 1 amide bonds. The van der Waals surface area contributed by atoms with Gasteiger partial charge in [0.05, 0.1) is 12.7 Å². The maximum Gasteiger partial charge on any atom is 0.338 e. The van der Waals surface area contributed by atoms with Crippen LogP contribution in [0.4, 0.5) is 5.13 Å². The van der Waals surface area contributed by atoms with Gasteiger partial charge in [0.25, 0.3) is 0 Å². The van der Waals surface area contributed by atoms with Crippen LogP contribution in [-0.4, -0.2) is 24.0 Å². The van der Waals surface area contributed by atoms with Gasteiger partial charge in [-0.15, -0.1) is 11.3 Å². The number of amides is 1. The number of nitrogens with zero attached hydrogens (tertiary/aromatic N) is 1. The monoisotopic (exact) mass is 290 g/mol. The third-order valence-electron chi connectivity index (χ3n) is 2.72. The van der Waals surface area contributed by atoms with Gasteiger partial charge in [-0.05, 0) is 18.1 Å². The SMILES string of the molecule is COC(=O)c1ccccc1CCC(=O)Nc1nccs1. The van der Waals surface area contributed by atoms with Gasteiger partial charge in [-0.3, -0.25) is 4.79 Å². The summed E-state index contributed by atoms with van der Waals surface area (Å²) >= 11 is 1.37. The van der Waals surface area contributed by atoms with Gasteiger partial charge in [-0.1, -0.05) is 18.2 Å². The van der Waals surface area contributed by atoms with Gasteiger partial charge in [-0.25, -0.2) is 9.78 Å². The number of hydrogen-bond acceptors (Lipinski definition) is 5. The number of methoxy groups -OCH3 is 1. The highest BCUT2D eigenvalue weighted by Gasteiger charge is 2.12. The second-order valence-electron chi connectivity index (χ2n) is 4.03. The Balaban J connectivity index is 1.97. The summed E-state index contributed by atoms with van der Waals surface area (Å²) < 4.78 is 4.72. The van der Waals surface area contributed by atoms with E-state index < -0.39 is 0 Å². The van der Waals surface area contributed by atoms with Crippen LogP contribution in [0.5, 0.6) is 0 Å². The maximum atomic E-state index is 11.8. The number of esters is 1. The molecule has 0 radical (unpaired) electrons. The number of carbonyl (C=O) groups is 2. The van der Waals surface area contributed by atoms with Crippen LogP contribution >= 0.6 is 11.3 Å². The number of nitrogens with one attached hydrogen (secondary N) is 1. The Bertz CT molecular complexity index is 596. The minimum atomic E-state index is -0.388. The molecule has 0 fully saturated rings. The van der Waals surface area contributed by atoms with E-state index in [0.29, 0.717) is 17.1 Å².